The summed E-state index contributed by atoms with van der Waals surface area (Å²) in [5.74, 6) is -1.00. The normalized spacial score (nSPS) is 17.1. The quantitative estimate of drug-likeness (QED) is 0.527. The number of carbonyl (C=O) groups is 2. The number of likely N-dealkylation sites (tertiary alicyclic amines) is 1. The van der Waals surface area contributed by atoms with E-state index in [0.29, 0.717) is 18.7 Å². The van der Waals surface area contributed by atoms with Gasteiger partial charge in [-0.15, -0.1) is 0 Å². The van der Waals surface area contributed by atoms with E-state index in [2.05, 4.69) is 31.2 Å². The third-order valence-corrected chi connectivity index (χ3v) is 7.46. The second-order valence-corrected chi connectivity index (χ2v) is 11.4. The average molecular weight is 493 g/mol. The van der Waals surface area contributed by atoms with Crippen LogP contribution in [-0.2, 0) is 22.6 Å². The molecule has 0 spiro atoms. The van der Waals surface area contributed by atoms with Crippen LogP contribution < -0.4 is 0 Å². The molecule has 6 nitrogen and oxygen atoms in total. The highest BCUT2D eigenvalue weighted by atomic mass is 16.5. The van der Waals surface area contributed by atoms with Crippen molar-refractivity contribution < 1.29 is 19.4 Å². The fraction of sp³-hybridized carbons (Fsp3) is 0.533. The van der Waals surface area contributed by atoms with Crippen molar-refractivity contribution >= 4 is 12.0 Å². The number of nitrogens with zero attached hydrogens (tertiary/aromatic N) is 2. The Labute approximate surface area is 215 Å². The number of carboxylic acid groups (broad SMARTS) is 1. The second kappa shape index (κ2) is 10.3. The van der Waals surface area contributed by atoms with E-state index >= 15 is 0 Å². The van der Waals surface area contributed by atoms with Gasteiger partial charge in [-0.3, -0.25) is 0 Å². The Balaban J connectivity index is 1.83. The Morgan fingerprint density at radius 2 is 1.42 bits per heavy atom. The molecule has 0 aromatic heterocycles. The van der Waals surface area contributed by atoms with Crippen LogP contribution in [0.3, 0.4) is 0 Å². The molecule has 0 aliphatic carbocycles. The zero-order valence-electron chi connectivity index (χ0n) is 22.6. The second-order valence-electron chi connectivity index (χ2n) is 11.4. The van der Waals surface area contributed by atoms with E-state index < -0.39 is 17.7 Å². The van der Waals surface area contributed by atoms with Crippen LogP contribution in [0.25, 0.3) is 11.1 Å². The van der Waals surface area contributed by atoms with Gasteiger partial charge in [-0.05, 0) is 87.8 Å². The van der Waals surface area contributed by atoms with Gasteiger partial charge >= 0.3 is 12.0 Å². The number of carboxylic acids is 1. The first kappa shape index (κ1) is 26.2. The van der Waals surface area contributed by atoms with E-state index in [-0.39, 0.29) is 6.03 Å². The van der Waals surface area contributed by atoms with E-state index in [0.717, 1.165) is 64.9 Å². The van der Waals surface area contributed by atoms with E-state index in [4.69, 9.17) is 4.74 Å². The van der Waals surface area contributed by atoms with Gasteiger partial charge in [-0.25, -0.2) is 9.59 Å². The lowest BCUT2D eigenvalue weighted by Crippen LogP contribution is -2.41. The molecule has 2 aliphatic rings. The van der Waals surface area contributed by atoms with Crippen molar-refractivity contribution in [3.8, 4) is 11.1 Å². The van der Waals surface area contributed by atoms with Gasteiger partial charge in [-0.1, -0.05) is 42.7 Å². The first-order chi connectivity index (χ1) is 17.0. The van der Waals surface area contributed by atoms with Crippen molar-refractivity contribution in [2.24, 2.45) is 0 Å². The molecular formula is C30H40N2O4. The first-order valence-electron chi connectivity index (χ1n) is 13.1. The fourth-order valence-electron chi connectivity index (χ4n) is 5.62. The molecule has 1 atom stereocenters. The molecule has 2 aromatic rings. The number of carbonyl (C=O) groups excluding carboxylic acids is 1. The van der Waals surface area contributed by atoms with Gasteiger partial charge in [0, 0.05) is 31.7 Å². The summed E-state index contributed by atoms with van der Waals surface area (Å²) in [5.41, 5.74) is 7.22. The minimum absolute atomic E-state index is 0.0889. The average Bonchev–Trinajstić information content (AvgIpc) is 3.09. The highest BCUT2D eigenvalue weighted by Gasteiger charge is 2.37. The van der Waals surface area contributed by atoms with Crippen LogP contribution in [-0.4, -0.2) is 45.6 Å². The number of rotatable bonds is 4. The summed E-state index contributed by atoms with van der Waals surface area (Å²) in [6.45, 7) is 14.4. The lowest BCUT2D eigenvalue weighted by Gasteiger charge is -2.29. The lowest BCUT2D eigenvalue weighted by molar-refractivity contribution is -0.160. The minimum Gasteiger partial charge on any atom is -0.479 e. The Morgan fingerprint density at radius 1 is 0.861 bits per heavy atom. The summed E-state index contributed by atoms with van der Waals surface area (Å²) in [7, 11) is 0. The molecular weight excluding hydrogens is 452 g/mol. The molecule has 1 unspecified atom stereocenters. The molecule has 2 aliphatic heterocycles. The molecule has 1 fully saturated rings. The molecule has 2 aromatic carbocycles. The predicted octanol–water partition coefficient (Wildman–Crippen LogP) is 6.53. The maximum Gasteiger partial charge on any atom is 0.337 e. The summed E-state index contributed by atoms with van der Waals surface area (Å²) in [6.07, 6.45) is 3.35. The Hall–Kier alpha value is -2.86. The number of amides is 2. The molecule has 0 bridgehead atoms. The molecule has 4 rings (SSSR count). The van der Waals surface area contributed by atoms with Crippen molar-refractivity contribution in [1.29, 1.82) is 0 Å². The number of benzene rings is 2. The number of hydrogen-bond donors (Lipinski definition) is 1. The van der Waals surface area contributed by atoms with Crippen LogP contribution in [0.4, 0.5) is 4.79 Å². The van der Waals surface area contributed by atoms with Crippen LogP contribution in [0.15, 0.2) is 24.3 Å². The van der Waals surface area contributed by atoms with Crippen molar-refractivity contribution in [3.63, 3.8) is 0 Å². The maximum atomic E-state index is 13.5. The Kier molecular flexibility index (Phi) is 7.46. The van der Waals surface area contributed by atoms with Crippen LogP contribution in [0, 0.1) is 20.8 Å². The molecule has 1 saturated heterocycles. The van der Waals surface area contributed by atoms with E-state index in [1.54, 1.807) is 0 Å². The predicted molar refractivity (Wildman–Crippen MR) is 142 cm³/mol. The van der Waals surface area contributed by atoms with E-state index in [1.165, 1.54) is 12.8 Å². The molecule has 0 radical (unpaired) electrons. The maximum absolute atomic E-state index is 13.5. The number of aliphatic carboxylic acids is 1. The van der Waals surface area contributed by atoms with Crippen molar-refractivity contribution in [1.82, 2.24) is 9.80 Å². The number of urea groups is 1. The van der Waals surface area contributed by atoms with Crippen molar-refractivity contribution in [3.05, 3.63) is 57.6 Å². The molecule has 2 heterocycles. The summed E-state index contributed by atoms with van der Waals surface area (Å²) in [6, 6.07) is 8.30. The van der Waals surface area contributed by atoms with Gasteiger partial charge in [0.05, 0.1) is 5.60 Å². The third-order valence-electron chi connectivity index (χ3n) is 7.46. The SMILES string of the molecule is Cc1ccc(-c2c(C)c3c(c(C)c2C(OC(C)(C)C)C(=O)O)CN(C(=O)N2CCCCCC2)C3)cc1. The number of aryl methyl sites for hydroxylation is 1. The number of fused-ring (bicyclic) bond motifs is 1. The molecule has 36 heavy (non-hydrogen) atoms. The molecule has 1 N–H and O–H groups in total. The minimum atomic E-state index is -1.11. The largest absolute Gasteiger partial charge is 0.479 e. The number of hydrogen-bond acceptors (Lipinski definition) is 3. The van der Waals surface area contributed by atoms with Crippen LogP contribution in [0.1, 0.15) is 85.9 Å². The van der Waals surface area contributed by atoms with Gasteiger partial charge in [0.15, 0.2) is 6.10 Å². The van der Waals surface area contributed by atoms with Gasteiger partial charge < -0.3 is 19.6 Å². The first-order valence-corrected chi connectivity index (χ1v) is 13.1. The number of ether oxygens (including phenoxy) is 1. The summed E-state index contributed by atoms with van der Waals surface area (Å²) < 4.78 is 6.16. The lowest BCUT2D eigenvalue weighted by atomic mass is 9.83. The van der Waals surface area contributed by atoms with Crippen LogP contribution >= 0.6 is 0 Å². The monoisotopic (exact) mass is 492 g/mol. The van der Waals surface area contributed by atoms with Crippen LogP contribution in [0.2, 0.25) is 0 Å². The van der Waals surface area contributed by atoms with Gasteiger partial charge in [0.25, 0.3) is 0 Å². The van der Waals surface area contributed by atoms with Gasteiger partial charge in [0.2, 0.25) is 0 Å². The van der Waals surface area contributed by atoms with Crippen molar-refractivity contribution in [2.75, 3.05) is 13.1 Å². The summed E-state index contributed by atoms with van der Waals surface area (Å²) >= 11 is 0. The van der Waals surface area contributed by atoms with Gasteiger partial charge in [0.1, 0.15) is 0 Å². The van der Waals surface area contributed by atoms with E-state index in [1.807, 2.05) is 44.4 Å². The standard InChI is InChI=1S/C30H40N2O4/c1-19-11-13-22(14-12-19)25-20(2)23-17-32(29(35)31-15-9-7-8-10-16-31)18-24(23)21(3)26(25)27(28(33)34)36-30(4,5)6/h11-14,27H,7-10,15-18H2,1-6H3,(H,33,34). The van der Waals surface area contributed by atoms with Gasteiger partial charge in [-0.2, -0.15) is 0 Å². The zero-order chi connectivity index (χ0) is 26.2. The highest BCUT2D eigenvalue weighted by molar-refractivity contribution is 5.85. The van der Waals surface area contributed by atoms with E-state index in [9.17, 15) is 14.7 Å². The van der Waals surface area contributed by atoms with Crippen molar-refractivity contribution in [2.45, 2.75) is 92.0 Å². The molecule has 194 valence electrons. The summed E-state index contributed by atoms with van der Waals surface area (Å²) in [5, 5.41) is 10.3. The molecule has 0 saturated carbocycles. The van der Waals surface area contributed by atoms with Crippen LogP contribution in [0.5, 0.6) is 0 Å². The summed E-state index contributed by atoms with van der Waals surface area (Å²) in [4.78, 5) is 30.0. The molecule has 6 heteroatoms. The topological polar surface area (TPSA) is 70.1 Å². The zero-order valence-corrected chi connectivity index (χ0v) is 22.6. The Bertz CT molecular complexity index is 1140. The molecule has 2 amide bonds. The third kappa shape index (κ3) is 5.29. The smallest absolute Gasteiger partial charge is 0.337 e. The Morgan fingerprint density at radius 3 is 1.94 bits per heavy atom. The fourth-order valence-corrected chi connectivity index (χ4v) is 5.62. The highest BCUT2D eigenvalue weighted by Crippen LogP contribution is 2.43.